The lowest BCUT2D eigenvalue weighted by Crippen LogP contribution is -2.33. The molecule has 1 rings (SSSR count). The van der Waals surface area contributed by atoms with E-state index in [0.29, 0.717) is 11.1 Å². The van der Waals surface area contributed by atoms with Gasteiger partial charge in [-0.15, -0.1) is 0 Å². The van der Waals surface area contributed by atoms with E-state index in [2.05, 4.69) is 54.6 Å². The zero-order chi connectivity index (χ0) is 14.4. The fourth-order valence-corrected chi connectivity index (χ4v) is 2.37. The van der Waals surface area contributed by atoms with E-state index in [1.165, 1.54) is 0 Å². The van der Waals surface area contributed by atoms with Crippen LogP contribution < -0.4 is 4.90 Å². The molecular formula is C14H25ClN4. The van der Waals surface area contributed by atoms with E-state index in [1.807, 2.05) is 0 Å². The minimum absolute atomic E-state index is 0.322. The summed E-state index contributed by atoms with van der Waals surface area (Å²) in [6, 6.07) is 0. The molecule has 0 amide bonds. The second-order valence-electron chi connectivity index (χ2n) is 5.35. The number of anilines is 1. The SMILES string of the molecule is CCCN(CCN(C)C)c1ncnc(Cl)c1C(C)C. The van der Waals surface area contributed by atoms with Gasteiger partial charge in [-0.3, -0.25) is 0 Å². The van der Waals surface area contributed by atoms with Crippen LogP contribution in [0.3, 0.4) is 0 Å². The second-order valence-corrected chi connectivity index (χ2v) is 5.70. The van der Waals surface area contributed by atoms with Crippen molar-refractivity contribution in [1.82, 2.24) is 14.9 Å². The Bertz CT molecular complexity index is 393. The summed E-state index contributed by atoms with van der Waals surface area (Å²) in [5.41, 5.74) is 1.05. The van der Waals surface area contributed by atoms with Gasteiger partial charge in [0, 0.05) is 25.2 Å². The van der Waals surface area contributed by atoms with Gasteiger partial charge in [0.25, 0.3) is 0 Å². The minimum Gasteiger partial charge on any atom is -0.355 e. The Morgan fingerprint density at radius 3 is 2.37 bits per heavy atom. The third-order valence-corrected chi connectivity index (χ3v) is 3.30. The first-order chi connectivity index (χ1) is 8.97. The van der Waals surface area contributed by atoms with Gasteiger partial charge in [0.05, 0.1) is 0 Å². The lowest BCUT2D eigenvalue weighted by molar-refractivity contribution is 0.412. The number of hydrogen-bond acceptors (Lipinski definition) is 4. The lowest BCUT2D eigenvalue weighted by atomic mass is 10.1. The molecule has 0 aliphatic rings. The molecule has 0 N–H and O–H groups in total. The average Bonchev–Trinajstić information content (AvgIpc) is 2.33. The maximum Gasteiger partial charge on any atom is 0.138 e. The molecule has 108 valence electrons. The fraction of sp³-hybridized carbons (Fsp3) is 0.714. The maximum atomic E-state index is 6.24. The zero-order valence-electron chi connectivity index (χ0n) is 12.6. The topological polar surface area (TPSA) is 32.3 Å². The molecule has 0 saturated heterocycles. The molecule has 19 heavy (non-hydrogen) atoms. The summed E-state index contributed by atoms with van der Waals surface area (Å²) >= 11 is 6.24. The van der Waals surface area contributed by atoms with Crippen molar-refractivity contribution in [2.24, 2.45) is 0 Å². The summed E-state index contributed by atoms with van der Waals surface area (Å²) in [7, 11) is 4.17. The minimum atomic E-state index is 0.322. The molecule has 0 spiro atoms. The number of aromatic nitrogens is 2. The monoisotopic (exact) mass is 284 g/mol. The van der Waals surface area contributed by atoms with Gasteiger partial charge in [0.2, 0.25) is 0 Å². The number of nitrogens with zero attached hydrogens (tertiary/aromatic N) is 4. The predicted octanol–water partition coefficient (Wildman–Crippen LogP) is 3.03. The highest BCUT2D eigenvalue weighted by atomic mass is 35.5. The van der Waals surface area contributed by atoms with Gasteiger partial charge in [-0.05, 0) is 26.4 Å². The first-order valence-corrected chi connectivity index (χ1v) is 7.25. The molecule has 0 bridgehead atoms. The van der Waals surface area contributed by atoms with Crippen molar-refractivity contribution in [1.29, 1.82) is 0 Å². The van der Waals surface area contributed by atoms with E-state index in [1.54, 1.807) is 6.33 Å². The summed E-state index contributed by atoms with van der Waals surface area (Å²) in [4.78, 5) is 13.1. The Labute approximate surface area is 121 Å². The van der Waals surface area contributed by atoms with E-state index >= 15 is 0 Å². The molecule has 4 nitrogen and oxygen atoms in total. The van der Waals surface area contributed by atoms with Crippen LogP contribution in [0.25, 0.3) is 0 Å². The highest BCUT2D eigenvalue weighted by Crippen LogP contribution is 2.30. The lowest BCUT2D eigenvalue weighted by Gasteiger charge is -2.28. The van der Waals surface area contributed by atoms with Gasteiger partial charge in [0.15, 0.2) is 0 Å². The van der Waals surface area contributed by atoms with E-state index in [0.717, 1.165) is 37.4 Å². The normalized spacial score (nSPS) is 11.4. The van der Waals surface area contributed by atoms with Crippen molar-refractivity contribution >= 4 is 17.4 Å². The first-order valence-electron chi connectivity index (χ1n) is 6.87. The zero-order valence-corrected chi connectivity index (χ0v) is 13.4. The van der Waals surface area contributed by atoms with E-state index in [-0.39, 0.29) is 0 Å². The Morgan fingerprint density at radius 2 is 1.84 bits per heavy atom. The fourth-order valence-electron chi connectivity index (χ4n) is 2.03. The summed E-state index contributed by atoms with van der Waals surface area (Å²) in [5.74, 6) is 1.31. The third-order valence-electron chi connectivity index (χ3n) is 3.00. The van der Waals surface area contributed by atoms with E-state index in [9.17, 15) is 0 Å². The molecule has 0 unspecified atom stereocenters. The van der Waals surface area contributed by atoms with Crippen molar-refractivity contribution in [2.45, 2.75) is 33.1 Å². The molecular weight excluding hydrogens is 260 g/mol. The standard InChI is InChI=1S/C14H25ClN4/c1-6-7-19(9-8-18(4)5)14-12(11(2)3)13(15)16-10-17-14/h10-11H,6-9H2,1-5H3. The molecule has 0 atom stereocenters. The molecule has 0 radical (unpaired) electrons. The Morgan fingerprint density at radius 1 is 1.16 bits per heavy atom. The number of halogens is 1. The van der Waals surface area contributed by atoms with Gasteiger partial charge in [-0.25, -0.2) is 9.97 Å². The number of rotatable bonds is 7. The summed E-state index contributed by atoms with van der Waals surface area (Å²) in [6.07, 6.45) is 2.65. The van der Waals surface area contributed by atoms with Crippen molar-refractivity contribution < 1.29 is 0 Å². The van der Waals surface area contributed by atoms with E-state index < -0.39 is 0 Å². The van der Waals surface area contributed by atoms with Gasteiger partial charge in [-0.2, -0.15) is 0 Å². The van der Waals surface area contributed by atoms with Crippen LogP contribution in [0.15, 0.2) is 6.33 Å². The molecule has 1 aromatic heterocycles. The molecule has 0 aromatic carbocycles. The highest BCUT2D eigenvalue weighted by molar-refractivity contribution is 6.30. The summed E-state index contributed by atoms with van der Waals surface area (Å²) in [6.45, 7) is 9.38. The first kappa shape index (κ1) is 16.2. The molecule has 1 aromatic rings. The Hall–Kier alpha value is -0.870. The Balaban J connectivity index is 3.04. The highest BCUT2D eigenvalue weighted by Gasteiger charge is 2.18. The van der Waals surface area contributed by atoms with Crippen molar-refractivity contribution in [3.05, 3.63) is 17.0 Å². The van der Waals surface area contributed by atoms with Gasteiger partial charge in [0.1, 0.15) is 17.3 Å². The van der Waals surface area contributed by atoms with Gasteiger partial charge >= 0.3 is 0 Å². The van der Waals surface area contributed by atoms with Crippen LogP contribution in [0, 0.1) is 0 Å². The second kappa shape index (κ2) is 7.65. The largest absolute Gasteiger partial charge is 0.355 e. The number of likely N-dealkylation sites (N-methyl/N-ethyl adjacent to an activating group) is 1. The van der Waals surface area contributed by atoms with Crippen molar-refractivity contribution in [2.75, 3.05) is 38.6 Å². The third kappa shape index (κ3) is 4.62. The van der Waals surface area contributed by atoms with Crippen LogP contribution in [0.5, 0.6) is 0 Å². The molecule has 0 saturated carbocycles. The summed E-state index contributed by atoms with van der Waals surface area (Å²) in [5, 5.41) is 0.575. The van der Waals surface area contributed by atoms with Crippen LogP contribution in [0.4, 0.5) is 5.82 Å². The van der Waals surface area contributed by atoms with E-state index in [4.69, 9.17) is 11.6 Å². The Kier molecular flexibility index (Phi) is 6.52. The van der Waals surface area contributed by atoms with Crippen LogP contribution in [0.1, 0.15) is 38.7 Å². The molecule has 0 fully saturated rings. The van der Waals surface area contributed by atoms with Crippen LogP contribution >= 0.6 is 11.6 Å². The van der Waals surface area contributed by atoms with Crippen molar-refractivity contribution in [3.8, 4) is 0 Å². The van der Waals surface area contributed by atoms with Gasteiger partial charge in [-0.1, -0.05) is 32.4 Å². The molecule has 5 heteroatoms. The molecule has 0 aliphatic carbocycles. The van der Waals surface area contributed by atoms with Crippen LogP contribution in [-0.4, -0.2) is 48.6 Å². The smallest absolute Gasteiger partial charge is 0.138 e. The van der Waals surface area contributed by atoms with Crippen molar-refractivity contribution in [3.63, 3.8) is 0 Å². The molecule has 0 aliphatic heterocycles. The quantitative estimate of drug-likeness (QED) is 0.721. The van der Waals surface area contributed by atoms with Crippen LogP contribution in [-0.2, 0) is 0 Å². The maximum absolute atomic E-state index is 6.24. The van der Waals surface area contributed by atoms with Crippen LogP contribution in [0.2, 0.25) is 5.15 Å². The average molecular weight is 285 g/mol. The van der Waals surface area contributed by atoms with Gasteiger partial charge < -0.3 is 9.80 Å². The number of hydrogen-bond donors (Lipinski definition) is 0. The predicted molar refractivity (Wildman–Crippen MR) is 82.2 cm³/mol. The summed E-state index contributed by atoms with van der Waals surface area (Å²) < 4.78 is 0. The molecule has 1 heterocycles.